The lowest BCUT2D eigenvalue weighted by Crippen LogP contribution is -2.47. The van der Waals surface area contributed by atoms with Crippen LogP contribution >= 0.6 is 0 Å². The summed E-state index contributed by atoms with van der Waals surface area (Å²) in [6.07, 6.45) is 1.27. The van der Waals surface area contributed by atoms with Crippen LogP contribution in [-0.2, 0) is 40.4 Å². The van der Waals surface area contributed by atoms with Gasteiger partial charge in [-0.3, -0.25) is 14.4 Å². The topological polar surface area (TPSA) is 73.0 Å². The number of nitrogens with one attached hydrogen (secondary N) is 1. The van der Waals surface area contributed by atoms with Crippen LogP contribution in [0.1, 0.15) is 49.4 Å². The number of amides is 3. The Morgan fingerprint density at radius 3 is 2.10 bits per heavy atom. The van der Waals surface area contributed by atoms with Gasteiger partial charge in [-0.15, -0.1) is 0 Å². The molecule has 0 bridgehead atoms. The number of carbonyl (C=O) groups is 3. The molecule has 3 amide bonds. The monoisotopic (exact) mass is 524 g/mol. The van der Waals surface area contributed by atoms with E-state index in [1.165, 1.54) is 5.56 Å². The second kappa shape index (κ2) is 10.7. The SMILES string of the molecule is CCN1C(=O)C(C)(C)C(=O)N(C)c2cc(CNCc3ccc4c(c3)CCC(=O)N4Cc3ccccc3)ccc21. The highest BCUT2D eigenvalue weighted by atomic mass is 16.2. The Labute approximate surface area is 230 Å². The molecule has 0 aromatic heterocycles. The second-order valence-corrected chi connectivity index (χ2v) is 10.9. The predicted molar refractivity (Wildman–Crippen MR) is 155 cm³/mol. The third-order valence-corrected chi connectivity index (χ3v) is 7.81. The van der Waals surface area contributed by atoms with Crippen molar-refractivity contribution in [3.63, 3.8) is 0 Å². The van der Waals surface area contributed by atoms with E-state index in [4.69, 9.17) is 0 Å². The minimum absolute atomic E-state index is 0.163. The minimum atomic E-state index is -1.12. The van der Waals surface area contributed by atoms with Crippen LogP contribution in [-0.4, -0.2) is 31.3 Å². The molecule has 1 N–H and O–H groups in total. The molecule has 7 nitrogen and oxygen atoms in total. The lowest BCUT2D eigenvalue weighted by atomic mass is 9.90. The van der Waals surface area contributed by atoms with Crippen LogP contribution in [0.25, 0.3) is 0 Å². The maximum Gasteiger partial charge on any atom is 0.242 e. The van der Waals surface area contributed by atoms with Crippen molar-refractivity contribution in [1.82, 2.24) is 5.32 Å². The molecular weight excluding hydrogens is 488 g/mol. The van der Waals surface area contributed by atoms with Gasteiger partial charge in [0.2, 0.25) is 17.7 Å². The van der Waals surface area contributed by atoms with Crippen LogP contribution < -0.4 is 20.0 Å². The molecule has 2 aliphatic heterocycles. The van der Waals surface area contributed by atoms with E-state index in [1.807, 2.05) is 48.2 Å². The summed E-state index contributed by atoms with van der Waals surface area (Å²) < 4.78 is 0. The number of benzene rings is 3. The molecule has 2 aliphatic rings. The number of hydrogen-bond donors (Lipinski definition) is 1. The molecule has 202 valence electrons. The van der Waals surface area contributed by atoms with E-state index in [0.717, 1.165) is 40.2 Å². The molecule has 0 radical (unpaired) electrons. The van der Waals surface area contributed by atoms with Crippen molar-refractivity contribution in [2.75, 3.05) is 28.3 Å². The summed E-state index contributed by atoms with van der Waals surface area (Å²) in [5.74, 6) is -0.220. The smallest absolute Gasteiger partial charge is 0.242 e. The third kappa shape index (κ3) is 5.06. The summed E-state index contributed by atoms with van der Waals surface area (Å²) in [5.41, 5.74) is 5.90. The van der Waals surface area contributed by atoms with Crippen LogP contribution in [0.4, 0.5) is 17.1 Å². The van der Waals surface area contributed by atoms with Crippen LogP contribution in [0.15, 0.2) is 66.7 Å². The molecule has 3 aromatic rings. The molecule has 0 fully saturated rings. The maximum atomic E-state index is 13.1. The first-order chi connectivity index (χ1) is 18.7. The zero-order valence-corrected chi connectivity index (χ0v) is 23.2. The van der Waals surface area contributed by atoms with Gasteiger partial charge in [0.1, 0.15) is 5.41 Å². The largest absolute Gasteiger partial charge is 0.313 e. The predicted octanol–water partition coefficient (Wildman–Crippen LogP) is 4.81. The summed E-state index contributed by atoms with van der Waals surface area (Å²) in [4.78, 5) is 44.1. The van der Waals surface area contributed by atoms with Crippen molar-refractivity contribution in [2.24, 2.45) is 5.41 Å². The highest BCUT2D eigenvalue weighted by Gasteiger charge is 2.45. The number of aryl methyl sites for hydroxylation is 1. The highest BCUT2D eigenvalue weighted by molar-refractivity contribution is 6.19. The van der Waals surface area contributed by atoms with Gasteiger partial charge in [0, 0.05) is 38.8 Å². The van der Waals surface area contributed by atoms with Crippen LogP contribution in [0, 0.1) is 5.41 Å². The van der Waals surface area contributed by atoms with Gasteiger partial charge in [0.15, 0.2) is 0 Å². The Balaban J connectivity index is 1.29. The Morgan fingerprint density at radius 2 is 1.41 bits per heavy atom. The first-order valence-corrected chi connectivity index (χ1v) is 13.6. The van der Waals surface area contributed by atoms with Gasteiger partial charge in [0.25, 0.3) is 0 Å². The van der Waals surface area contributed by atoms with Crippen molar-refractivity contribution < 1.29 is 14.4 Å². The molecule has 39 heavy (non-hydrogen) atoms. The van der Waals surface area contributed by atoms with E-state index >= 15 is 0 Å². The lowest BCUT2D eigenvalue weighted by Gasteiger charge is -2.30. The number of nitrogens with zero attached hydrogens (tertiary/aromatic N) is 3. The summed E-state index contributed by atoms with van der Waals surface area (Å²) in [5, 5.41) is 3.52. The van der Waals surface area contributed by atoms with Gasteiger partial charge in [0.05, 0.1) is 17.9 Å². The number of carbonyl (C=O) groups excluding carboxylic acids is 3. The fourth-order valence-electron chi connectivity index (χ4n) is 5.57. The summed E-state index contributed by atoms with van der Waals surface area (Å²) >= 11 is 0. The lowest BCUT2D eigenvalue weighted by molar-refractivity contribution is -0.137. The number of anilines is 3. The normalized spacial score (nSPS) is 16.7. The zero-order valence-electron chi connectivity index (χ0n) is 23.2. The van der Waals surface area contributed by atoms with Crippen molar-refractivity contribution >= 4 is 34.8 Å². The van der Waals surface area contributed by atoms with Crippen molar-refractivity contribution in [3.05, 3.63) is 89.0 Å². The summed E-state index contributed by atoms with van der Waals surface area (Å²) in [6, 6.07) is 22.4. The van der Waals surface area contributed by atoms with Crippen molar-refractivity contribution in [3.8, 4) is 0 Å². The molecule has 0 atom stereocenters. The van der Waals surface area contributed by atoms with Gasteiger partial charge in [-0.1, -0.05) is 48.5 Å². The van der Waals surface area contributed by atoms with Crippen LogP contribution in [0.5, 0.6) is 0 Å². The van der Waals surface area contributed by atoms with Crippen molar-refractivity contribution in [2.45, 2.75) is 53.2 Å². The van der Waals surface area contributed by atoms with Crippen LogP contribution in [0.2, 0.25) is 0 Å². The van der Waals surface area contributed by atoms with Crippen LogP contribution in [0.3, 0.4) is 0 Å². The Morgan fingerprint density at radius 1 is 0.744 bits per heavy atom. The first kappa shape index (κ1) is 26.6. The average molecular weight is 525 g/mol. The fourth-order valence-corrected chi connectivity index (χ4v) is 5.57. The molecule has 0 spiro atoms. The molecule has 5 rings (SSSR count). The molecule has 2 heterocycles. The summed E-state index contributed by atoms with van der Waals surface area (Å²) in [7, 11) is 1.74. The van der Waals surface area contributed by atoms with Gasteiger partial charge >= 0.3 is 0 Å². The standard InChI is InChI=1S/C32H36N4O3/c1-5-35-27-15-12-24(18-28(27)34(4)30(38)32(2,3)31(35)39)20-33-19-23-11-14-26-25(17-23)13-16-29(37)36(26)21-22-9-7-6-8-10-22/h6-12,14-15,17-18,33H,5,13,16,19-21H2,1-4H3. The first-order valence-electron chi connectivity index (χ1n) is 13.6. The van der Waals surface area contributed by atoms with Crippen molar-refractivity contribution in [1.29, 1.82) is 0 Å². The number of hydrogen-bond acceptors (Lipinski definition) is 4. The van der Waals surface area contributed by atoms with Gasteiger partial charge < -0.3 is 20.0 Å². The molecule has 0 aliphatic carbocycles. The second-order valence-electron chi connectivity index (χ2n) is 10.9. The van der Waals surface area contributed by atoms with E-state index in [9.17, 15) is 14.4 Å². The van der Waals surface area contributed by atoms with E-state index in [0.29, 0.717) is 32.6 Å². The van der Waals surface area contributed by atoms with E-state index < -0.39 is 5.41 Å². The molecule has 0 saturated carbocycles. The Kier molecular flexibility index (Phi) is 7.28. The van der Waals surface area contributed by atoms with E-state index in [-0.39, 0.29) is 17.7 Å². The zero-order chi connectivity index (χ0) is 27.7. The van der Waals surface area contributed by atoms with Gasteiger partial charge in [-0.25, -0.2) is 0 Å². The number of fused-ring (bicyclic) bond motifs is 2. The summed E-state index contributed by atoms with van der Waals surface area (Å²) in [6.45, 7) is 7.70. The molecule has 0 saturated heterocycles. The quantitative estimate of drug-likeness (QED) is 0.450. The van der Waals surface area contributed by atoms with E-state index in [2.05, 4.69) is 35.6 Å². The molecule has 7 heteroatoms. The average Bonchev–Trinajstić information content (AvgIpc) is 2.99. The molecule has 0 unspecified atom stereocenters. The Hall–Kier alpha value is -3.97. The third-order valence-electron chi connectivity index (χ3n) is 7.81. The maximum absolute atomic E-state index is 13.1. The molecule has 3 aromatic carbocycles. The Bertz CT molecular complexity index is 1420. The van der Waals surface area contributed by atoms with Gasteiger partial charge in [-0.05, 0) is 67.6 Å². The highest BCUT2D eigenvalue weighted by Crippen LogP contribution is 2.38. The fraction of sp³-hybridized carbons (Fsp3) is 0.344. The molecular formula is C32H36N4O3. The van der Waals surface area contributed by atoms with E-state index in [1.54, 1.807) is 30.7 Å². The number of rotatable bonds is 7. The van der Waals surface area contributed by atoms with Gasteiger partial charge in [-0.2, -0.15) is 0 Å². The minimum Gasteiger partial charge on any atom is -0.313 e.